The fourth-order valence-electron chi connectivity index (χ4n) is 2.99. The van der Waals surface area contributed by atoms with Crippen molar-refractivity contribution in [3.8, 4) is 11.3 Å². The zero-order valence-electron chi connectivity index (χ0n) is 12.4. The molecule has 0 fully saturated rings. The van der Waals surface area contributed by atoms with E-state index in [4.69, 9.17) is 4.98 Å². The molecule has 0 spiro atoms. The molecule has 0 amide bonds. The van der Waals surface area contributed by atoms with Crippen LogP contribution in [0.5, 0.6) is 0 Å². The molecule has 0 saturated heterocycles. The first-order valence-electron chi connectivity index (χ1n) is 7.59. The van der Waals surface area contributed by atoms with Crippen molar-refractivity contribution >= 4 is 0 Å². The van der Waals surface area contributed by atoms with Gasteiger partial charge in [0.05, 0.1) is 5.69 Å². The van der Waals surface area contributed by atoms with E-state index < -0.39 is 0 Å². The Balaban J connectivity index is 2.01. The maximum atomic E-state index is 4.95. The van der Waals surface area contributed by atoms with Gasteiger partial charge in [0.15, 0.2) is 0 Å². The van der Waals surface area contributed by atoms with Crippen LogP contribution in [0.15, 0.2) is 24.3 Å². The Morgan fingerprint density at radius 3 is 2.75 bits per heavy atom. The van der Waals surface area contributed by atoms with Crippen LogP contribution in [0.25, 0.3) is 11.3 Å². The molecule has 1 aromatic carbocycles. The van der Waals surface area contributed by atoms with E-state index in [1.54, 1.807) is 0 Å². The average Bonchev–Trinajstić information content (AvgIpc) is 2.85. The number of hydrogen-bond acceptors (Lipinski definition) is 2. The zero-order chi connectivity index (χ0) is 13.9. The summed E-state index contributed by atoms with van der Waals surface area (Å²) >= 11 is 0. The van der Waals surface area contributed by atoms with Gasteiger partial charge in [-0.3, -0.25) is 0 Å². The summed E-state index contributed by atoms with van der Waals surface area (Å²) in [6.07, 6.45) is 4.74. The minimum absolute atomic E-state index is 0.990. The van der Waals surface area contributed by atoms with Crippen LogP contribution in [0, 0.1) is 6.92 Å². The number of nitrogens with zero attached hydrogens (tertiary/aromatic N) is 2. The lowest BCUT2D eigenvalue weighted by Crippen LogP contribution is -2.17. The third kappa shape index (κ3) is 2.50. The Labute approximate surface area is 121 Å². The minimum atomic E-state index is 0.990. The number of benzene rings is 1. The average molecular weight is 269 g/mol. The van der Waals surface area contributed by atoms with Crippen molar-refractivity contribution in [2.45, 2.75) is 39.2 Å². The molecular formula is C17H23N3. The predicted molar refractivity (Wildman–Crippen MR) is 83.0 cm³/mol. The molecule has 0 unspecified atom stereocenters. The summed E-state index contributed by atoms with van der Waals surface area (Å²) in [7, 11) is 2.00. The lowest BCUT2D eigenvalue weighted by Gasteiger charge is -2.17. The summed E-state index contributed by atoms with van der Waals surface area (Å²) in [6, 6.07) is 8.76. The normalized spacial score (nSPS) is 14.3. The van der Waals surface area contributed by atoms with Crippen molar-refractivity contribution in [2.75, 3.05) is 13.6 Å². The number of fused-ring (bicyclic) bond motifs is 1. The van der Waals surface area contributed by atoms with E-state index >= 15 is 0 Å². The van der Waals surface area contributed by atoms with Crippen LogP contribution in [0.2, 0.25) is 0 Å². The lowest BCUT2D eigenvalue weighted by molar-refractivity contribution is 0.512. The molecule has 2 aromatic rings. The lowest BCUT2D eigenvalue weighted by atomic mass is 10.0. The first-order valence-corrected chi connectivity index (χ1v) is 7.59. The molecule has 1 N–H and O–H groups in total. The number of imidazole rings is 1. The Hall–Kier alpha value is -1.61. The summed E-state index contributed by atoms with van der Waals surface area (Å²) in [6.45, 7) is 4.25. The van der Waals surface area contributed by atoms with Crippen LogP contribution < -0.4 is 5.32 Å². The monoisotopic (exact) mass is 269 g/mol. The SMILES string of the molecule is CNCCc1nc(-c2ccc(C)cc2)c2n1CCCC2. The van der Waals surface area contributed by atoms with E-state index in [1.165, 1.54) is 41.2 Å². The first kappa shape index (κ1) is 13.4. The molecule has 0 saturated carbocycles. The molecule has 0 radical (unpaired) electrons. The molecule has 0 bridgehead atoms. The second-order valence-corrected chi connectivity index (χ2v) is 5.65. The Kier molecular flexibility index (Phi) is 3.88. The third-order valence-corrected chi connectivity index (χ3v) is 4.12. The maximum Gasteiger partial charge on any atom is 0.110 e. The van der Waals surface area contributed by atoms with Crippen molar-refractivity contribution < 1.29 is 0 Å². The molecule has 0 aliphatic carbocycles. The van der Waals surface area contributed by atoms with Gasteiger partial charge in [-0.25, -0.2) is 4.98 Å². The number of nitrogens with one attached hydrogen (secondary N) is 1. The molecule has 0 atom stereocenters. The summed E-state index contributed by atoms with van der Waals surface area (Å²) in [5, 5.41) is 3.23. The molecule has 1 aliphatic heterocycles. The van der Waals surface area contributed by atoms with E-state index in [1.807, 2.05) is 7.05 Å². The summed E-state index contributed by atoms with van der Waals surface area (Å²) in [4.78, 5) is 4.95. The number of aryl methyl sites for hydroxylation is 1. The van der Waals surface area contributed by atoms with Crippen molar-refractivity contribution in [3.63, 3.8) is 0 Å². The molecule has 20 heavy (non-hydrogen) atoms. The van der Waals surface area contributed by atoms with Gasteiger partial charge in [-0.15, -0.1) is 0 Å². The highest BCUT2D eigenvalue weighted by Crippen LogP contribution is 2.29. The largest absolute Gasteiger partial charge is 0.331 e. The number of rotatable bonds is 4. The van der Waals surface area contributed by atoms with Crippen LogP contribution in [-0.4, -0.2) is 23.1 Å². The molecule has 106 valence electrons. The van der Waals surface area contributed by atoms with Gasteiger partial charge in [-0.05, 0) is 33.2 Å². The van der Waals surface area contributed by atoms with Crippen molar-refractivity contribution in [1.29, 1.82) is 0 Å². The van der Waals surface area contributed by atoms with E-state index in [0.29, 0.717) is 0 Å². The maximum absolute atomic E-state index is 4.95. The van der Waals surface area contributed by atoms with Crippen LogP contribution in [0.1, 0.15) is 29.9 Å². The number of aromatic nitrogens is 2. The molecule has 2 heterocycles. The van der Waals surface area contributed by atoms with Crippen molar-refractivity contribution in [2.24, 2.45) is 0 Å². The number of hydrogen-bond donors (Lipinski definition) is 1. The van der Waals surface area contributed by atoms with Gasteiger partial charge in [-0.1, -0.05) is 29.8 Å². The molecule has 3 rings (SSSR count). The second kappa shape index (κ2) is 5.80. The molecular weight excluding hydrogens is 246 g/mol. The molecule has 3 heteroatoms. The Morgan fingerprint density at radius 2 is 2.00 bits per heavy atom. The highest BCUT2D eigenvalue weighted by molar-refractivity contribution is 5.63. The van der Waals surface area contributed by atoms with Crippen LogP contribution in [0.3, 0.4) is 0 Å². The Morgan fingerprint density at radius 1 is 1.20 bits per heavy atom. The van der Waals surface area contributed by atoms with Gasteiger partial charge in [0.2, 0.25) is 0 Å². The quantitative estimate of drug-likeness (QED) is 0.925. The zero-order valence-corrected chi connectivity index (χ0v) is 12.4. The summed E-state index contributed by atoms with van der Waals surface area (Å²) in [5.74, 6) is 1.24. The fourth-order valence-corrected chi connectivity index (χ4v) is 2.99. The highest BCUT2D eigenvalue weighted by atomic mass is 15.1. The van der Waals surface area contributed by atoms with E-state index in [9.17, 15) is 0 Å². The predicted octanol–water partition coefficient (Wildman–Crippen LogP) is 2.96. The van der Waals surface area contributed by atoms with Gasteiger partial charge >= 0.3 is 0 Å². The van der Waals surface area contributed by atoms with E-state index in [2.05, 4.69) is 41.1 Å². The van der Waals surface area contributed by atoms with Crippen LogP contribution >= 0.6 is 0 Å². The highest BCUT2D eigenvalue weighted by Gasteiger charge is 2.20. The third-order valence-electron chi connectivity index (χ3n) is 4.12. The first-order chi connectivity index (χ1) is 9.79. The number of likely N-dealkylation sites (N-methyl/N-ethyl adjacent to an activating group) is 1. The minimum Gasteiger partial charge on any atom is -0.331 e. The van der Waals surface area contributed by atoms with Gasteiger partial charge in [0.1, 0.15) is 5.82 Å². The van der Waals surface area contributed by atoms with Gasteiger partial charge < -0.3 is 9.88 Å². The van der Waals surface area contributed by atoms with Gasteiger partial charge in [-0.2, -0.15) is 0 Å². The fraction of sp³-hybridized carbons (Fsp3) is 0.471. The Bertz CT molecular complexity index is 581. The topological polar surface area (TPSA) is 29.9 Å². The van der Waals surface area contributed by atoms with E-state index in [0.717, 1.165) is 25.9 Å². The van der Waals surface area contributed by atoms with Crippen molar-refractivity contribution in [1.82, 2.24) is 14.9 Å². The van der Waals surface area contributed by atoms with E-state index in [-0.39, 0.29) is 0 Å². The standard InChI is InChI=1S/C17H23N3/c1-13-6-8-14(9-7-13)17-15-5-3-4-12-20(15)16(19-17)10-11-18-2/h6-9,18H,3-5,10-12H2,1-2H3. The summed E-state index contributed by atoms with van der Waals surface area (Å²) < 4.78 is 2.45. The molecule has 1 aromatic heterocycles. The van der Waals surface area contributed by atoms with Crippen molar-refractivity contribution in [3.05, 3.63) is 41.3 Å². The molecule has 1 aliphatic rings. The van der Waals surface area contributed by atoms with Gasteiger partial charge in [0, 0.05) is 30.8 Å². The smallest absolute Gasteiger partial charge is 0.110 e. The van der Waals surface area contributed by atoms with Gasteiger partial charge in [0.25, 0.3) is 0 Å². The van der Waals surface area contributed by atoms with Crippen LogP contribution in [-0.2, 0) is 19.4 Å². The van der Waals surface area contributed by atoms with Crippen LogP contribution in [0.4, 0.5) is 0 Å². The molecule has 3 nitrogen and oxygen atoms in total. The second-order valence-electron chi connectivity index (χ2n) is 5.65. The summed E-state index contributed by atoms with van der Waals surface area (Å²) in [5.41, 5.74) is 5.20.